The van der Waals surface area contributed by atoms with E-state index >= 15 is 0 Å². The van der Waals surface area contributed by atoms with Crippen molar-refractivity contribution >= 4 is 17.3 Å². The summed E-state index contributed by atoms with van der Waals surface area (Å²) >= 11 is 0. The Balaban J connectivity index is 1.56. The first-order chi connectivity index (χ1) is 13.2. The lowest BCUT2D eigenvalue weighted by Crippen LogP contribution is -2.22. The van der Waals surface area contributed by atoms with Crippen LogP contribution in [0.5, 0.6) is 5.75 Å². The zero-order valence-electron chi connectivity index (χ0n) is 14.7. The van der Waals surface area contributed by atoms with Crippen LogP contribution in [0, 0.1) is 11.3 Å². The number of hydrogen-bond acceptors (Lipinski definition) is 4. The lowest BCUT2D eigenvalue weighted by molar-refractivity contribution is -0.114. The van der Waals surface area contributed by atoms with Gasteiger partial charge in [-0.25, -0.2) is 0 Å². The summed E-state index contributed by atoms with van der Waals surface area (Å²) in [4.78, 5) is 12.3. The minimum Gasteiger partial charge on any atom is -0.489 e. The van der Waals surface area contributed by atoms with Gasteiger partial charge in [-0.3, -0.25) is 4.79 Å². The Morgan fingerprint density at radius 2 is 1.63 bits per heavy atom. The van der Waals surface area contributed by atoms with Gasteiger partial charge in [-0.1, -0.05) is 36.4 Å². The fraction of sp³-hybridized carbons (Fsp3) is 0.0909. The molecule has 0 saturated carbocycles. The molecule has 0 bridgehead atoms. The predicted molar refractivity (Wildman–Crippen MR) is 105 cm³/mol. The van der Waals surface area contributed by atoms with Crippen LogP contribution in [0.1, 0.15) is 11.1 Å². The van der Waals surface area contributed by atoms with E-state index in [4.69, 9.17) is 10.00 Å². The standard InChI is InChI=1S/C22H19N3O2/c23-14-17-10-12-19(13-11-17)24-15-22(26)25-21-9-5-4-6-18(21)16-27-20-7-2-1-3-8-20/h1-13,24H,15-16H2,(H,25,26). The van der Waals surface area contributed by atoms with Crippen molar-refractivity contribution in [1.29, 1.82) is 5.26 Å². The average molecular weight is 357 g/mol. The third kappa shape index (κ3) is 5.35. The van der Waals surface area contributed by atoms with Crippen LogP contribution in [0.3, 0.4) is 0 Å². The Morgan fingerprint density at radius 3 is 2.37 bits per heavy atom. The molecule has 1 amide bonds. The molecule has 0 unspecified atom stereocenters. The van der Waals surface area contributed by atoms with E-state index in [1.165, 1.54) is 0 Å². The minimum absolute atomic E-state index is 0.125. The van der Waals surface area contributed by atoms with E-state index in [1.54, 1.807) is 24.3 Å². The number of ether oxygens (including phenoxy) is 1. The van der Waals surface area contributed by atoms with Gasteiger partial charge in [-0.2, -0.15) is 5.26 Å². The van der Waals surface area contributed by atoms with Gasteiger partial charge in [0.15, 0.2) is 0 Å². The van der Waals surface area contributed by atoms with Crippen LogP contribution in [-0.4, -0.2) is 12.5 Å². The zero-order chi connectivity index (χ0) is 18.9. The second kappa shape index (κ2) is 9.07. The van der Waals surface area contributed by atoms with Gasteiger partial charge in [0.05, 0.1) is 18.2 Å². The van der Waals surface area contributed by atoms with Gasteiger partial charge in [-0.15, -0.1) is 0 Å². The first-order valence-corrected chi connectivity index (χ1v) is 8.54. The number of carbonyl (C=O) groups excluding carboxylic acids is 1. The number of hydrogen-bond donors (Lipinski definition) is 2. The van der Waals surface area contributed by atoms with Crippen LogP contribution in [0.25, 0.3) is 0 Å². The third-order valence-corrected chi connectivity index (χ3v) is 3.90. The first kappa shape index (κ1) is 18.0. The Morgan fingerprint density at radius 1 is 0.926 bits per heavy atom. The molecular formula is C22H19N3O2. The molecule has 0 spiro atoms. The quantitative estimate of drug-likeness (QED) is 0.665. The van der Waals surface area contributed by atoms with E-state index in [1.807, 2.05) is 54.6 Å². The number of rotatable bonds is 7. The Hall–Kier alpha value is -3.78. The monoisotopic (exact) mass is 357 g/mol. The molecule has 0 aliphatic carbocycles. The van der Waals surface area contributed by atoms with Crippen molar-refractivity contribution in [3.63, 3.8) is 0 Å². The number of nitrogens with one attached hydrogen (secondary N) is 2. The van der Waals surface area contributed by atoms with Gasteiger partial charge in [0.2, 0.25) is 5.91 Å². The highest BCUT2D eigenvalue weighted by Gasteiger charge is 2.07. The fourth-order valence-electron chi connectivity index (χ4n) is 2.49. The molecule has 5 heteroatoms. The van der Waals surface area contributed by atoms with Gasteiger partial charge in [0.25, 0.3) is 0 Å². The van der Waals surface area contributed by atoms with Crippen molar-refractivity contribution in [2.24, 2.45) is 0 Å². The largest absolute Gasteiger partial charge is 0.489 e. The van der Waals surface area contributed by atoms with Crippen molar-refractivity contribution in [3.05, 3.63) is 90.0 Å². The molecule has 0 aliphatic rings. The van der Waals surface area contributed by atoms with Crippen molar-refractivity contribution in [2.45, 2.75) is 6.61 Å². The summed E-state index contributed by atoms with van der Waals surface area (Å²) < 4.78 is 5.77. The lowest BCUT2D eigenvalue weighted by atomic mass is 10.2. The topological polar surface area (TPSA) is 74.2 Å². The van der Waals surface area contributed by atoms with Crippen LogP contribution >= 0.6 is 0 Å². The first-order valence-electron chi connectivity index (χ1n) is 8.54. The molecule has 0 aromatic heterocycles. The molecule has 3 aromatic rings. The summed E-state index contributed by atoms with van der Waals surface area (Å²) in [5, 5.41) is 14.8. The van der Waals surface area contributed by atoms with E-state index in [0.29, 0.717) is 12.2 Å². The number of nitrogens with zero attached hydrogens (tertiary/aromatic N) is 1. The summed E-state index contributed by atoms with van der Waals surface area (Å²) in [6.45, 7) is 0.489. The Labute approximate surface area is 158 Å². The van der Waals surface area contributed by atoms with Crippen LogP contribution in [0.15, 0.2) is 78.9 Å². The second-order valence-corrected chi connectivity index (χ2v) is 5.85. The SMILES string of the molecule is N#Cc1ccc(NCC(=O)Nc2ccccc2COc2ccccc2)cc1. The molecule has 3 aromatic carbocycles. The molecule has 134 valence electrons. The fourth-order valence-corrected chi connectivity index (χ4v) is 2.49. The molecule has 0 fully saturated rings. The maximum atomic E-state index is 12.3. The van der Waals surface area contributed by atoms with E-state index in [9.17, 15) is 4.79 Å². The van der Waals surface area contributed by atoms with Gasteiger partial charge >= 0.3 is 0 Å². The van der Waals surface area contributed by atoms with Gasteiger partial charge < -0.3 is 15.4 Å². The van der Waals surface area contributed by atoms with Crippen LogP contribution in [0.2, 0.25) is 0 Å². The smallest absolute Gasteiger partial charge is 0.243 e. The number of carbonyl (C=O) groups is 1. The third-order valence-electron chi connectivity index (χ3n) is 3.90. The average Bonchev–Trinajstić information content (AvgIpc) is 2.73. The van der Waals surface area contributed by atoms with E-state index in [0.717, 1.165) is 22.7 Å². The van der Waals surface area contributed by atoms with Crippen LogP contribution < -0.4 is 15.4 Å². The summed E-state index contributed by atoms with van der Waals surface area (Å²) in [6.07, 6.45) is 0. The van der Waals surface area contributed by atoms with Crippen molar-refractivity contribution < 1.29 is 9.53 Å². The van der Waals surface area contributed by atoms with Gasteiger partial charge in [0, 0.05) is 16.9 Å². The minimum atomic E-state index is -0.161. The van der Waals surface area contributed by atoms with Gasteiger partial charge in [0.1, 0.15) is 12.4 Å². The van der Waals surface area contributed by atoms with E-state index in [2.05, 4.69) is 16.7 Å². The van der Waals surface area contributed by atoms with Crippen molar-refractivity contribution in [2.75, 3.05) is 17.2 Å². The molecule has 0 radical (unpaired) electrons. The summed E-state index contributed by atoms with van der Waals surface area (Å²) in [5.41, 5.74) is 2.98. The molecule has 0 atom stereocenters. The normalized spacial score (nSPS) is 9.89. The van der Waals surface area contributed by atoms with E-state index < -0.39 is 0 Å². The summed E-state index contributed by atoms with van der Waals surface area (Å²) in [5.74, 6) is 0.618. The highest BCUT2D eigenvalue weighted by atomic mass is 16.5. The molecule has 0 aliphatic heterocycles. The van der Waals surface area contributed by atoms with E-state index in [-0.39, 0.29) is 12.5 Å². The maximum absolute atomic E-state index is 12.3. The molecular weight excluding hydrogens is 338 g/mol. The maximum Gasteiger partial charge on any atom is 0.243 e. The Kier molecular flexibility index (Phi) is 6.05. The predicted octanol–water partition coefficient (Wildman–Crippen LogP) is 4.19. The summed E-state index contributed by atoms with van der Waals surface area (Å²) in [7, 11) is 0. The second-order valence-electron chi connectivity index (χ2n) is 5.85. The number of nitriles is 1. The molecule has 2 N–H and O–H groups in total. The number of anilines is 2. The summed E-state index contributed by atoms with van der Waals surface area (Å²) in [6, 6.07) is 26.1. The number of amides is 1. The highest BCUT2D eigenvalue weighted by molar-refractivity contribution is 5.94. The zero-order valence-corrected chi connectivity index (χ0v) is 14.7. The number of benzene rings is 3. The Bertz CT molecular complexity index is 932. The number of para-hydroxylation sites is 2. The van der Waals surface area contributed by atoms with Gasteiger partial charge in [-0.05, 0) is 42.5 Å². The highest BCUT2D eigenvalue weighted by Crippen LogP contribution is 2.18. The van der Waals surface area contributed by atoms with Crippen LogP contribution in [0.4, 0.5) is 11.4 Å². The molecule has 27 heavy (non-hydrogen) atoms. The van der Waals surface area contributed by atoms with Crippen molar-refractivity contribution in [3.8, 4) is 11.8 Å². The van der Waals surface area contributed by atoms with Crippen molar-refractivity contribution in [1.82, 2.24) is 0 Å². The lowest BCUT2D eigenvalue weighted by Gasteiger charge is -2.13. The molecule has 0 heterocycles. The molecule has 5 nitrogen and oxygen atoms in total. The molecule has 0 saturated heterocycles. The molecule has 3 rings (SSSR count). The van der Waals surface area contributed by atoms with Crippen LogP contribution in [-0.2, 0) is 11.4 Å².